The first-order valence-corrected chi connectivity index (χ1v) is 6.38. The lowest BCUT2D eigenvalue weighted by atomic mass is 10.1. The lowest BCUT2D eigenvalue weighted by Crippen LogP contribution is -2.13. The van der Waals surface area contributed by atoms with Crippen LogP contribution in [0.4, 0.5) is 5.69 Å². The number of benzene rings is 2. The van der Waals surface area contributed by atoms with Gasteiger partial charge in [-0.2, -0.15) is 0 Å². The van der Waals surface area contributed by atoms with Crippen molar-refractivity contribution >= 4 is 11.6 Å². The van der Waals surface area contributed by atoms with E-state index in [1.807, 2.05) is 0 Å². The van der Waals surface area contributed by atoms with Gasteiger partial charge >= 0.3 is 0 Å². The van der Waals surface area contributed by atoms with Crippen molar-refractivity contribution in [1.82, 2.24) is 0 Å². The number of ether oxygens (including phenoxy) is 1. The Morgan fingerprint density at radius 3 is 2.57 bits per heavy atom. The van der Waals surface area contributed by atoms with E-state index in [0.717, 1.165) is 5.75 Å². The van der Waals surface area contributed by atoms with Crippen LogP contribution in [0, 0.1) is 11.8 Å². The Morgan fingerprint density at radius 1 is 1.19 bits per heavy atom. The first kappa shape index (κ1) is 14.6. The number of aliphatic hydroxyl groups is 1. The smallest absolute Gasteiger partial charge is 0.256 e. The molecule has 1 amide bonds. The van der Waals surface area contributed by atoms with E-state index >= 15 is 0 Å². The summed E-state index contributed by atoms with van der Waals surface area (Å²) in [6.45, 7) is -0.242. The molecule has 0 radical (unpaired) electrons. The standard InChI is InChI=1S/C17H15NO3/c1-21-15-10-8-14(9-11-15)18-17(20)16-7-3-2-5-13(16)6-4-12-19/h2-3,5,7-11,19H,12H2,1H3,(H,18,20). The van der Waals surface area contributed by atoms with Gasteiger partial charge in [0.05, 0.1) is 12.7 Å². The van der Waals surface area contributed by atoms with Crippen LogP contribution in [0.15, 0.2) is 48.5 Å². The van der Waals surface area contributed by atoms with Crippen LogP contribution < -0.4 is 10.1 Å². The fourth-order valence-corrected chi connectivity index (χ4v) is 1.80. The Bertz CT molecular complexity index is 681. The molecule has 0 heterocycles. The summed E-state index contributed by atoms with van der Waals surface area (Å²) in [4.78, 5) is 12.3. The number of carbonyl (C=O) groups is 1. The quantitative estimate of drug-likeness (QED) is 0.849. The van der Waals surface area contributed by atoms with Gasteiger partial charge in [0.1, 0.15) is 12.4 Å². The third kappa shape index (κ3) is 3.85. The van der Waals surface area contributed by atoms with E-state index in [2.05, 4.69) is 17.2 Å². The average Bonchev–Trinajstić information content (AvgIpc) is 2.54. The van der Waals surface area contributed by atoms with Gasteiger partial charge in [0, 0.05) is 11.3 Å². The van der Waals surface area contributed by atoms with Gasteiger partial charge in [-0.3, -0.25) is 4.79 Å². The highest BCUT2D eigenvalue weighted by atomic mass is 16.5. The number of amides is 1. The fraction of sp³-hybridized carbons (Fsp3) is 0.118. The van der Waals surface area contributed by atoms with Crippen LogP contribution in [0.25, 0.3) is 0 Å². The van der Waals surface area contributed by atoms with Crippen molar-refractivity contribution in [3.63, 3.8) is 0 Å². The molecule has 0 saturated heterocycles. The highest BCUT2D eigenvalue weighted by Crippen LogP contribution is 2.16. The predicted octanol–water partition coefficient (Wildman–Crippen LogP) is 2.29. The highest BCUT2D eigenvalue weighted by molar-refractivity contribution is 6.06. The van der Waals surface area contributed by atoms with E-state index in [1.165, 1.54) is 0 Å². The van der Waals surface area contributed by atoms with E-state index in [9.17, 15) is 4.79 Å². The number of nitrogens with one attached hydrogen (secondary N) is 1. The molecule has 0 unspecified atom stereocenters. The van der Waals surface area contributed by atoms with Gasteiger partial charge in [-0.15, -0.1) is 0 Å². The molecular weight excluding hydrogens is 266 g/mol. The van der Waals surface area contributed by atoms with E-state index in [-0.39, 0.29) is 12.5 Å². The maximum absolute atomic E-state index is 12.3. The minimum atomic E-state index is -0.247. The van der Waals surface area contributed by atoms with Crippen LogP contribution in [-0.4, -0.2) is 24.7 Å². The Labute approximate surface area is 123 Å². The molecule has 2 rings (SSSR count). The summed E-state index contributed by atoms with van der Waals surface area (Å²) in [7, 11) is 1.59. The summed E-state index contributed by atoms with van der Waals surface area (Å²) >= 11 is 0. The van der Waals surface area contributed by atoms with Crippen molar-refractivity contribution in [1.29, 1.82) is 0 Å². The molecule has 0 aromatic heterocycles. The minimum Gasteiger partial charge on any atom is -0.497 e. The largest absolute Gasteiger partial charge is 0.497 e. The first-order valence-electron chi connectivity index (χ1n) is 6.38. The molecule has 4 heteroatoms. The van der Waals surface area contributed by atoms with E-state index < -0.39 is 0 Å². The van der Waals surface area contributed by atoms with Crippen molar-refractivity contribution in [3.05, 3.63) is 59.7 Å². The molecular formula is C17H15NO3. The monoisotopic (exact) mass is 281 g/mol. The van der Waals surface area contributed by atoms with Gasteiger partial charge in [-0.25, -0.2) is 0 Å². The summed E-state index contributed by atoms with van der Waals surface area (Å²) in [5.41, 5.74) is 1.72. The molecule has 0 bridgehead atoms. The Balaban J connectivity index is 2.19. The Hall–Kier alpha value is -2.77. The van der Waals surface area contributed by atoms with Gasteiger partial charge in [0.25, 0.3) is 5.91 Å². The second-order valence-electron chi connectivity index (χ2n) is 4.19. The molecule has 0 aliphatic heterocycles. The predicted molar refractivity (Wildman–Crippen MR) is 81.4 cm³/mol. The van der Waals surface area contributed by atoms with Crippen molar-refractivity contribution in [2.75, 3.05) is 19.0 Å². The van der Waals surface area contributed by atoms with Crippen LogP contribution in [-0.2, 0) is 0 Å². The molecule has 2 N–H and O–H groups in total. The number of hydrogen-bond acceptors (Lipinski definition) is 3. The third-order valence-corrected chi connectivity index (χ3v) is 2.82. The maximum Gasteiger partial charge on any atom is 0.256 e. The van der Waals surface area contributed by atoms with E-state index in [1.54, 1.807) is 55.6 Å². The maximum atomic E-state index is 12.3. The summed E-state index contributed by atoms with van der Waals surface area (Å²) < 4.78 is 5.07. The molecule has 0 aliphatic rings. The van der Waals surface area contributed by atoms with Gasteiger partial charge < -0.3 is 15.2 Å². The van der Waals surface area contributed by atoms with Gasteiger partial charge in [0.2, 0.25) is 0 Å². The molecule has 2 aromatic rings. The van der Waals surface area contributed by atoms with Crippen molar-refractivity contribution in [2.24, 2.45) is 0 Å². The van der Waals surface area contributed by atoms with E-state index in [0.29, 0.717) is 16.8 Å². The first-order chi connectivity index (χ1) is 10.2. The van der Waals surface area contributed by atoms with Crippen molar-refractivity contribution in [2.45, 2.75) is 0 Å². The number of anilines is 1. The van der Waals surface area contributed by atoms with Gasteiger partial charge in [-0.05, 0) is 36.4 Å². The molecule has 106 valence electrons. The van der Waals surface area contributed by atoms with Gasteiger partial charge in [-0.1, -0.05) is 24.0 Å². The average molecular weight is 281 g/mol. The lowest BCUT2D eigenvalue weighted by Gasteiger charge is -2.07. The number of aliphatic hydroxyl groups excluding tert-OH is 1. The molecule has 0 fully saturated rings. The second kappa shape index (κ2) is 7.13. The summed E-state index contributed by atoms with van der Waals surface area (Å²) in [6.07, 6.45) is 0. The zero-order valence-electron chi connectivity index (χ0n) is 11.6. The molecule has 0 aliphatic carbocycles. The second-order valence-corrected chi connectivity index (χ2v) is 4.19. The third-order valence-electron chi connectivity index (χ3n) is 2.82. The molecule has 0 saturated carbocycles. The van der Waals surface area contributed by atoms with Crippen LogP contribution >= 0.6 is 0 Å². The van der Waals surface area contributed by atoms with Crippen molar-refractivity contribution < 1.29 is 14.6 Å². The zero-order chi connectivity index (χ0) is 15.1. The Morgan fingerprint density at radius 2 is 1.90 bits per heavy atom. The molecule has 2 aromatic carbocycles. The highest BCUT2D eigenvalue weighted by Gasteiger charge is 2.09. The molecule has 0 atom stereocenters. The van der Waals surface area contributed by atoms with Crippen molar-refractivity contribution in [3.8, 4) is 17.6 Å². The normalized spacial score (nSPS) is 9.43. The molecule has 21 heavy (non-hydrogen) atoms. The number of rotatable bonds is 3. The zero-order valence-corrected chi connectivity index (χ0v) is 11.6. The molecule has 4 nitrogen and oxygen atoms in total. The number of carbonyl (C=O) groups excluding carboxylic acids is 1. The van der Waals surface area contributed by atoms with E-state index in [4.69, 9.17) is 9.84 Å². The topological polar surface area (TPSA) is 58.6 Å². The summed E-state index contributed by atoms with van der Waals surface area (Å²) in [6, 6.07) is 14.1. The Kier molecular flexibility index (Phi) is 4.97. The van der Waals surface area contributed by atoms with Crippen LogP contribution in [0.3, 0.4) is 0 Å². The van der Waals surface area contributed by atoms with Crippen LogP contribution in [0.5, 0.6) is 5.75 Å². The fourth-order valence-electron chi connectivity index (χ4n) is 1.80. The summed E-state index contributed by atoms with van der Waals surface area (Å²) in [5, 5.41) is 11.6. The van der Waals surface area contributed by atoms with Crippen LogP contribution in [0.2, 0.25) is 0 Å². The minimum absolute atomic E-state index is 0.242. The lowest BCUT2D eigenvalue weighted by molar-refractivity contribution is 0.102. The number of hydrogen-bond donors (Lipinski definition) is 2. The number of methoxy groups -OCH3 is 1. The SMILES string of the molecule is COc1ccc(NC(=O)c2ccccc2C#CCO)cc1. The van der Waals surface area contributed by atoms with Gasteiger partial charge in [0.15, 0.2) is 0 Å². The van der Waals surface area contributed by atoms with Crippen LogP contribution in [0.1, 0.15) is 15.9 Å². The summed E-state index contributed by atoms with van der Waals surface area (Å²) in [5.74, 6) is 5.79. The molecule has 0 spiro atoms.